The topological polar surface area (TPSA) is 26.3 Å². The summed E-state index contributed by atoms with van der Waals surface area (Å²) in [5.74, 6) is 1.12. The smallest absolute Gasteiger partial charge is 0.305 e. The Hall–Kier alpha value is -0.960. The Kier molecular flexibility index (Phi) is 15.3. The molecule has 0 saturated carbocycles. The van der Waals surface area contributed by atoms with Gasteiger partial charge < -0.3 is 4.74 Å². The minimum atomic E-state index is -0.0958. The van der Waals surface area contributed by atoms with Crippen molar-refractivity contribution < 1.29 is 9.53 Å². The van der Waals surface area contributed by atoms with Gasteiger partial charge in [-0.3, -0.25) is 4.79 Å². The number of unbranched alkanes of at least 4 members (excludes halogenated alkanes) is 9. The first kappa shape index (κ1) is 24.1. The number of hydrogen-bond donors (Lipinski definition) is 0. The van der Waals surface area contributed by atoms with Crippen molar-refractivity contribution in [3.63, 3.8) is 0 Å². The van der Waals surface area contributed by atoms with E-state index in [2.05, 4.69) is 49.0 Å². The zero-order valence-corrected chi connectivity index (χ0v) is 18.4. The van der Waals surface area contributed by atoms with Gasteiger partial charge >= 0.3 is 5.97 Å². The minimum absolute atomic E-state index is 0.0958. The van der Waals surface area contributed by atoms with E-state index in [1.54, 1.807) is 0 Å². The average molecular weight is 393 g/mol. The van der Waals surface area contributed by atoms with Gasteiger partial charge in [0.25, 0.3) is 0 Å². The van der Waals surface area contributed by atoms with E-state index in [1.807, 2.05) is 0 Å². The lowest BCUT2D eigenvalue weighted by Gasteiger charge is -2.17. The van der Waals surface area contributed by atoms with Gasteiger partial charge in [0.2, 0.25) is 0 Å². The fourth-order valence-corrected chi connectivity index (χ4v) is 4.70. The highest BCUT2D eigenvalue weighted by Gasteiger charge is 2.12. The predicted octanol–water partition coefficient (Wildman–Crippen LogP) is 7.73. The molecular formula is C24H40O2S. The molecule has 27 heavy (non-hydrogen) atoms. The molecule has 1 unspecified atom stereocenters. The third kappa shape index (κ3) is 12.9. The van der Waals surface area contributed by atoms with Crippen LogP contribution in [0.2, 0.25) is 0 Å². The van der Waals surface area contributed by atoms with Crippen molar-refractivity contribution in [2.45, 2.75) is 95.6 Å². The number of carbonyl (C=O) groups is 1. The van der Waals surface area contributed by atoms with Gasteiger partial charge in [-0.25, -0.2) is 0 Å². The number of rotatable bonds is 17. The second-order valence-corrected chi connectivity index (χ2v) is 8.73. The van der Waals surface area contributed by atoms with Gasteiger partial charge in [0.15, 0.2) is 0 Å². The molecule has 0 radical (unpaired) electrons. The van der Waals surface area contributed by atoms with E-state index < -0.39 is 0 Å². The second-order valence-electron chi connectivity index (χ2n) is 7.42. The van der Waals surface area contributed by atoms with Crippen LogP contribution < -0.4 is 0 Å². The van der Waals surface area contributed by atoms with E-state index in [-0.39, 0.29) is 5.97 Å². The molecule has 2 nitrogen and oxygen atoms in total. The fourth-order valence-electron chi connectivity index (χ4n) is 3.36. The molecule has 1 atom stereocenters. The maximum atomic E-state index is 11.4. The summed E-state index contributed by atoms with van der Waals surface area (Å²) in [6.07, 6.45) is 16.3. The summed E-state index contributed by atoms with van der Waals surface area (Å²) in [7, 11) is 1.47. The standard InChI is InChI=1S/C24H40O2S/c1-3-4-5-6-7-8-9-10-11-15-21-27-23(19-16-20-24(25)26-2)22-17-13-12-14-18-22/h12-14,17-18,23H,3-11,15-16,19-21H2,1-2H3. The number of carbonyl (C=O) groups excluding carboxylic acids is 1. The van der Waals surface area contributed by atoms with Gasteiger partial charge in [-0.2, -0.15) is 11.8 Å². The number of methoxy groups -OCH3 is 1. The first-order chi connectivity index (χ1) is 13.3. The van der Waals surface area contributed by atoms with E-state index in [1.165, 1.54) is 82.6 Å². The highest BCUT2D eigenvalue weighted by atomic mass is 32.2. The number of thioether (sulfide) groups is 1. The van der Waals surface area contributed by atoms with E-state index in [4.69, 9.17) is 4.74 Å². The number of esters is 1. The van der Waals surface area contributed by atoms with Crippen molar-refractivity contribution in [1.29, 1.82) is 0 Å². The van der Waals surface area contributed by atoms with Crippen molar-refractivity contribution in [3.8, 4) is 0 Å². The molecule has 3 heteroatoms. The Labute approximate surface area is 171 Å². The molecule has 154 valence electrons. The van der Waals surface area contributed by atoms with E-state index in [9.17, 15) is 4.79 Å². The lowest BCUT2D eigenvalue weighted by atomic mass is 10.1. The summed E-state index contributed by atoms with van der Waals surface area (Å²) in [5.41, 5.74) is 1.39. The molecule has 1 rings (SSSR count). The maximum Gasteiger partial charge on any atom is 0.305 e. The third-order valence-corrected chi connectivity index (χ3v) is 6.50. The normalized spacial score (nSPS) is 12.1. The molecule has 0 bridgehead atoms. The van der Waals surface area contributed by atoms with Crippen molar-refractivity contribution in [2.75, 3.05) is 12.9 Å². The Morgan fingerprint density at radius 2 is 1.48 bits per heavy atom. The zero-order chi connectivity index (χ0) is 19.6. The molecular weight excluding hydrogens is 352 g/mol. The highest BCUT2D eigenvalue weighted by molar-refractivity contribution is 7.99. The third-order valence-electron chi connectivity index (χ3n) is 5.06. The van der Waals surface area contributed by atoms with E-state index in [0.29, 0.717) is 11.7 Å². The monoisotopic (exact) mass is 392 g/mol. The summed E-state index contributed by atoms with van der Waals surface area (Å²) >= 11 is 2.06. The van der Waals surface area contributed by atoms with Gasteiger partial charge in [-0.15, -0.1) is 0 Å². The quantitative estimate of drug-likeness (QED) is 0.200. The first-order valence-corrected chi connectivity index (χ1v) is 12.1. The van der Waals surface area contributed by atoms with E-state index >= 15 is 0 Å². The van der Waals surface area contributed by atoms with Crippen LogP contribution in [0.3, 0.4) is 0 Å². The van der Waals surface area contributed by atoms with Gasteiger partial charge in [-0.1, -0.05) is 95.0 Å². The van der Waals surface area contributed by atoms with Gasteiger partial charge in [-0.05, 0) is 30.6 Å². The van der Waals surface area contributed by atoms with Crippen LogP contribution in [-0.2, 0) is 9.53 Å². The van der Waals surface area contributed by atoms with Crippen LogP contribution in [0.25, 0.3) is 0 Å². The Balaban J connectivity index is 2.15. The molecule has 0 heterocycles. The van der Waals surface area contributed by atoms with Crippen molar-refractivity contribution in [3.05, 3.63) is 35.9 Å². The van der Waals surface area contributed by atoms with Crippen LogP contribution in [0.4, 0.5) is 0 Å². The van der Waals surface area contributed by atoms with Gasteiger partial charge in [0, 0.05) is 11.7 Å². The van der Waals surface area contributed by atoms with E-state index in [0.717, 1.165) is 12.8 Å². The van der Waals surface area contributed by atoms with Crippen LogP contribution in [0, 0.1) is 0 Å². The summed E-state index contributed by atoms with van der Waals surface area (Å²) in [6.45, 7) is 2.28. The average Bonchev–Trinajstić information content (AvgIpc) is 2.71. The number of ether oxygens (including phenoxy) is 1. The van der Waals surface area contributed by atoms with Crippen LogP contribution in [0.15, 0.2) is 30.3 Å². The summed E-state index contributed by atoms with van der Waals surface area (Å²) in [6, 6.07) is 10.7. The molecule has 0 N–H and O–H groups in total. The maximum absolute atomic E-state index is 11.4. The molecule has 0 spiro atoms. The van der Waals surface area contributed by atoms with Crippen LogP contribution in [-0.4, -0.2) is 18.8 Å². The van der Waals surface area contributed by atoms with Crippen molar-refractivity contribution >= 4 is 17.7 Å². The van der Waals surface area contributed by atoms with Crippen LogP contribution >= 0.6 is 11.8 Å². The Morgan fingerprint density at radius 1 is 0.889 bits per heavy atom. The predicted molar refractivity (Wildman–Crippen MR) is 119 cm³/mol. The number of benzene rings is 1. The largest absolute Gasteiger partial charge is 0.469 e. The molecule has 0 aliphatic rings. The summed E-state index contributed by atoms with van der Waals surface area (Å²) in [4.78, 5) is 11.4. The Bertz CT molecular complexity index is 461. The van der Waals surface area contributed by atoms with Crippen LogP contribution in [0.5, 0.6) is 0 Å². The lowest BCUT2D eigenvalue weighted by Crippen LogP contribution is -2.02. The van der Waals surface area contributed by atoms with Gasteiger partial charge in [0.1, 0.15) is 0 Å². The number of hydrogen-bond acceptors (Lipinski definition) is 3. The second kappa shape index (κ2) is 17.2. The minimum Gasteiger partial charge on any atom is -0.469 e. The molecule has 0 saturated heterocycles. The first-order valence-electron chi connectivity index (χ1n) is 11.0. The fraction of sp³-hybridized carbons (Fsp3) is 0.708. The van der Waals surface area contributed by atoms with Gasteiger partial charge in [0.05, 0.1) is 7.11 Å². The van der Waals surface area contributed by atoms with Crippen molar-refractivity contribution in [2.24, 2.45) is 0 Å². The molecule has 0 fully saturated rings. The molecule has 0 amide bonds. The lowest BCUT2D eigenvalue weighted by molar-refractivity contribution is -0.140. The highest BCUT2D eigenvalue weighted by Crippen LogP contribution is 2.34. The molecule has 0 aliphatic heterocycles. The molecule has 0 aliphatic carbocycles. The summed E-state index contributed by atoms with van der Waals surface area (Å²) in [5, 5.41) is 0.495. The Morgan fingerprint density at radius 3 is 2.07 bits per heavy atom. The molecule has 1 aromatic rings. The zero-order valence-electron chi connectivity index (χ0n) is 17.6. The SMILES string of the molecule is CCCCCCCCCCCCSC(CCCC(=O)OC)c1ccccc1. The summed E-state index contributed by atoms with van der Waals surface area (Å²) < 4.78 is 4.76. The van der Waals surface area contributed by atoms with Crippen molar-refractivity contribution in [1.82, 2.24) is 0 Å². The van der Waals surface area contributed by atoms with Crippen LogP contribution in [0.1, 0.15) is 101 Å². The molecule has 0 aromatic heterocycles. The molecule has 1 aromatic carbocycles.